The lowest BCUT2D eigenvalue weighted by atomic mass is 10.0. The molecule has 35 heavy (non-hydrogen) atoms. The highest BCUT2D eigenvalue weighted by Gasteiger charge is 2.45. The van der Waals surface area contributed by atoms with E-state index in [1.54, 1.807) is 18.2 Å². The monoisotopic (exact) mass is 553 g/mol. The van der Waals surface area contributed by atoms with E-state index in [2.05, 4.69) is 15.3 Å². The van der Waals surface area contributed by atoms with Crippen molar-refractivity contribution in [2.45, 2.75) is 43.4 Å². The van der Waals surface area contributed by atoms with Gasteiger partial charge in [0.15, 0.2) is 5.90 Å². The summed E-state index contributed by atoms with van der Waals surface area (Å²) < 4.78 is 38.9. The first kappa shape index (κ1) is 26.8. The van der Waals surface area contributed by atoms with Crippen LogP contribution in [0, 0.1) is 0 Å². The van der Waals surface area contributed by atoms with Crippen molar-refractivity contribution in [3.63, 3.8) is 0 Å². The molecule has 2 aromatic rings. The predicted octanol–water partition coefficient (Wildman–Crippen LogP) is 1.37. The van der Waals surface area contributed by atoms with Gasteiger partial charge < -0.3 is 44.2 Å². The fourth-order valence-corrected chi connectivity index (χ4v) is 6.82. The van der Waals surface area contributed by atoms with E-state index >= 15 is 0 Å². The lowest BCUT2D eigenvalue weighted by Gasteiger charge is -2.18. The number of aliphatic hydroxyl groups is 2. The molecule has 6 N–H and O–H groups in total. The standard InChI is InChI=1S/C19H26ClN3O10P2/c20-19-22-13-6-10(3-4-12(13)18(23-19)21-7-11-2-1-5-31-11)17-16(25)15(24)14(33-17)8-32-35(29,30)9-34(26,27)28/h3-4,6,11,14-17,24-25H,1-2,5,7-9H2,(H,29,30)(H,21,22,23)(H2,26,27,28)/t11?,14-,15-,16-,17+/m1/s1. The SMILES string of the molecule is O=P(O)(O)CP(=O)(O)OC[C@H]1O[C@@H](c2ccc3c(NCC4CCCO4)nc(Cl)nc3c2)[C@H](O)[C@@H]1O. The smallest absolute Gasteiger partial charge is 0.340 e. The Bertz CT molecular complexity index is 1160. The third-order valence-corrected chi connectivity index (χ3v) is 9.33. The van der Waals surface area contributed by atoms with Gasteiger partial charge in [-0.3, -0.25) is 9.13 Å². The van der Waals surface area contributed by atoms with E-state index < -0.39 is 52.1 Å². The van der Waals surface area contributed by atoms with Gasteiger partial charge >= 0.3 is 15.2 Å². The number of nitrogens with one attached hydrogen (secondary N) is 1. The highest BCUT2D eigenvalue weighted by atomic mass is 35.5. The molecule has 4 rings (SSSR count). The molecule has 0 radical (unpaired) electrons. The van der Waals surface area contributed by atoms with Crippen molar-refractivity contribution in [3.05, 3.63) is 29.0 Å². The molecule has 1 aromatic carbocycles. The fourth-order valence-electron chi connectivity index (χ4n) is 4.07. The number of halogens is 1. The first-order valence-electron chi connectivity index (χ1n) is 10.8. The average Bonchev–Trinajstić information content (AvgIpc) is 3.37. The predicted molar refractivity (Wildman–Crippen MR) is 124 cm³/mol. The van der Waals surface area contributed by atoms with E-state index in [1.807, 2.05) is 0 Å². The third-order valence-electron chi connectivity index (χ3n) is 5.71. The van der Waals surface area contributed by atoms with Crippen LogP contribution in [-0.2, 0) is 23.1 Å². The summed E-state index contributed by atoms with van der Waals surface area (Å²) in [6.45, 7) is 0.614. The summed E-state index contributed by atoms with van der Waals surface area (Å²) in [7, 11) is -9.45. The highest BCUT2D eigenvalue weighted by Crippen LogP contribution is 2.55. The molecule has 2 fully saturated rings. The van der Waals surface area contributed by atoms with Gasteiger partial charge in [-0.15, -0.1) is 0 Å². The van der Waals surface area contributed by atoms with E-state index in [4.69, 9.17) is 35.4 Å². The van der Waals surface area contributed by atoms with Gasteiger partial charge in [-0.1, -0.05) is 6.07 Å². The lowest BCUT2D eigenvalue weighted by molar-refractivity contribution is -0.0186. The quantitative estimate of drug-likeness (QED) is 0.192. The number of benzene rings is 1. The van der Waals surface area contributed by atoms with Gasteiger partial charge in [0.1, 0.15) is 30.2 Å². The molecule has 16 heteroatoms. The van der Waals surface area contributed by atoms with Gasteiger partial charge in [0.25, 0.3) is 0 Å². The minimum atomic E-state index is -4.80. The van der Waals surface area contributed by atoms with Crippen LogP contribution < -0.4 is 5.32 Å². The number of hydrogen-bond donors (Lipinski definition) is 6. The van der Waals surface area contributed by atoms with Crippen LogP contribution in [0.2, 0.25) is 5.28 Å². The van der Waals surface area contributed by atoms with Gasteiger partial charge in [0, 0.05) is 18.5 Å². The number of rotatable bonds is 9. The van der Waals surface area contributed by atoms with Gasteiger partial charge in [-0.2, -0.15) is 0 Å². The molecule has 2 saturated heterocycles. The minimum Gasteiger partial charge on any atom is -0.387 e. The third kappa shape index (κ3) is 6.76. The maximum Gasteiger partial charge on any atom is 0.340 e. The Kier molecular flexibility index (Phi) is 8.16. The molecule has 6 atom stereocenters. The summed E-state index contributed by atoms with van der Waals surface area (Å²) in [6.07, 6.45) is -3.11. The zero-order valence-corrected chi connectivity index (χ0v) is 20.9. The molecule has 3 heterocycles. The van der Waals surface area contributed by atoms with Crippen LogP contribution in [0.1, 0.15) is 24.5 Å². The Labute approximate surface area is 205 Å². The first-order chi connectivity index (χ1) is 16.4. The lowest BCUT2D eigenvalue weighted by Crippen LogP contribution is -2.33. The average molecular weight is 554 g/mol. The summed E-state index contributed by atoms with van der Waals surface area (Å²) in [5.41, 5.74) is 0.914. The molecule has 1 aromatic heterocycles. The van der Waals surface area contributed by atoms with Crippen molar-refractivity contribution < 1.29 is 48.0 Å². The van der Waals surface area contributed by atoms with Crippen LogP contribution in [0.3, 0.4) is 0 Å². The van der Waals surface area contributed by atoms with Crippen molar-refractivity contribution in [3.8, 4) is 0 Å². The number of fused-ring (bicyclic) bond motifs is 1. The number of nitrogens with zero attached hydrogens (tertiary/aromatic N) is 2. The molecule has 0 bridgehead atoms. The molecule has 0 saturated carbocycles. The van der Waals surface area contributed by atoms with Crippen molar-refractivity contribution in [2.24, 2.45) is 0 Å². The maximum absolute atomic E-state index is 11.9. The Morgan fingerprint density at radius 3 is 2.63 bits per heavy atom. The number of ether oxygens (including phenoxy) is 2. The minimum absolute atomic E-state index is 0.00689. The number of aromatic nitrogens is 2. The molecule has 2 unspecified atom stereocenters. The summed E-state index contributed by atoms with van der Waals surface area (Å²) in [6, 6.07) is 4.99. The van der Waals surface area contributed by atoms with Crippen LogP contribution in [-0.4, -0.2) is 84.9 Å². The summed E-state index contributed by atoms with van der Waals surface area (Å²) >= 11 is 6.10. The molecular formula is C19H26ClN3O10P2. The summed E-state index contributed by atoms with van der Waals surface area (Å²) in [4.78, 5) is 35.9. The molecule has 2 aliphatic heterocycles. The summed E-state index contributed by atoms with van der Waals surface area (Å²) in [5, 5.41) is 24.8. The first-order valence-corrected chi connectivity index (χ1v) is 14.7. The van der Waals surface area contributed by atoms with Gasteiger partial charge in [0.05, 0.1) is 18.2 Å². The normalized spacial score (nSPS) is 28.9. The van der Waals surface area contributed by atoms with E-state index in [0.29, 0.717) is 28.8 Å². The number of aliphatic hydroxyl groups excluding tert-OH is 2. The second-order valence-electron chi connectivity index (χ2n) is 8.45. The second kappa shape index (κ2) is 10.6. The number of hydrogen-bond acceptors (Lipinski definition) is 10. The zero-order valence-electron chi connectivity index (χ0n) is 18.3. The van der Waals surface area contributed by atoms with Crippen LogP contribution in [0.25, 0.3) is 10.9 Å². The van der Waals surface area contributed by atoms with Crippen molar-refractivity contribution in [2.75, 3.05) is 31.0 Å². The van der Waals surface area contributed by atoms with Crippen molar-refractivity contribution in [1.29, 1.82) is 0 Å². The fraction of sp³-hybridized carbons (Fsp3) is 0.579. The van der Waals surface area contributed by atoms with E-state index in [-0.39, 0.29) is 11.4 Å². The molecule has 13 nitrogen and oxygen atoms in total. The number of anilines is 1. The summed E-state index contributed by atoms with van der Waals surface area (Å²) in [5.74, 6) is -0.853. The molecule has 0 amide bonds. The molecule has 0 aliphatic carbocycles. The van der Waals surface area contributed by atoms with Crippen LogP contribution in [0.15, 0.2) is 18.2 Å². The van der Waals surface area contributed by atoms with Crippen molar-refractivity contribution >= 4 is 43.5 Å². The van der Waals surface area contributed by atoms with Crippen LogP contribution >= 0.6 is 26.8 Å². The van der Waals surface area contributed by atoms with Gasteiger partial charge in [-0.05, 0) is 42.1 Å². The largest absolute Gasteiger partial charge is 0.387 e. The van der Waals surface area contributed by atoms with E-state index in [0.717, 1.165) is 19.4 Å². The second-order valence-corrected chi connectivity index (χ2v) is 12.8. The van der Waals surface area contributed by atoms with Crippen LogP contribution in [0.5, 0.6) is 0 Å². The molecule has 0 spiro atoms. The van der Waals surface area contributed by atoms with Gasteiger partial charge in [0.2, 0.25) is 5.28 Å². The van der Waals surface area contributed by atoms with E-state index in [1.165, 1.54) is 0 Å². The Hall–Kier alpha value is -1.21. The van der Waals surface area contributed by atoms with Crippen LogP contribution in [0.4, 0.5) is 5.82 Å². The Balaban J connectivity index is 1.48. The van der Waals surface area contributed by atoms with Gasteiger partial charge in [-0.25, -0.2) is 9.97 Å². The topological polar surface area (TPSA) is 201 Å². The molecule has 194 valence electrons. The highest BCUT2D eigenvalue weighted by molar-refractivity contribution is 7.70. The van der Waals surface area contributed by atoms with Crippen molar-refractivity contribution in [1.82, 2.24) is 9.97 Å². The van der Waals surface area contributed by atoms with E-state index in [9.17, 15) is 24.2 Å². The molecular weight excluding hydrogens is 528 g/mol. The zero-order chi connectivity index (χ0) is 25.4. The Morgan fingerprint density at radius 2 is 1.94 bits per heavy atom. The Morgan fingerprint density at radius 1 is 1.17 bits per heavy atom. The molecule has 2 aliphatic rings. The maximum atomic E-state index is 11.9.